The minimum Gasteiger partial charge on any atom is -0.478 e. The standard InChI is InChI=1S/C14H11FN2O3/c1-8-7-9(4-5-11(8)15)17-13(18)12-10(14(19)20)3-2-6-16-12/h2-7H,1H3,(H,17,18)(H,19,20). The van der Waals surface area contributed by atoms with Crippen LogP contribution in [-0.4, -0.2) is 22.0 Å². The van der Waals surface area contributed by atoms with Crippen LogP contribution in [0.2, 0.25) is 0 Å². The summed E-state index contributed by atoms with van der Waals surface area (Å²) in [4.78, 5) is 26.8. The largest absolute Gasteiger partial charge is 0.478 e. The summed E-state index contributed by atoms with van der Waals surface area (Å²) in [6, 6.07) is 6.80. The van der Waals surface area contributed by atoms with Gasteiger partial charge in [-0.1, -0.05) is 0 Å². The van der Waals surface area contributed by atoms with Crippen LogP contribution in [0.5, 0.6) is 0 Å². The number of rotatable bonds is 3. The Bertz CT molecular complexity index is 686. The molecule has 0 saturated carbocycles. The molecule has 0 unspecified atom stereocenters. The predicted octanol–water partition coefficient (Wildman–Crippen LogP) is 2.48. The molecular weight excluding hydrogens is 263 g/mol. The highest BCUT2D eigenvalue weighted by atomic mass is 19.1. The number of benzene rings is 1. The lowest BCUT2D eigenvalue weighted by Gasteiger charge is -2.07. The quantitative estimate of drug-likeness (QED) is 0.901. The SMILES string of the molecule is Cc1cc(NC(=O)c2ncccc2C(=O)O)ccc1F. The van der Waals surface area contributed by atoms with Crippen molar-refractivity contribution in [2.45, 2.75) is 6.92 Å². The van der Waals surface area contributed by atoms with Gasteiger partial charge in [0.05, 0.1) is 5.56 Å². The molecule has 1 heterocycles. The van der Waals surface area contributed by atoms with E-state index in [9.17, 15) is 14.0 Å². The lowest BCUT2D eigenvalue weighted by molar-refractivity contribution is 0.0691. The second kappa shape index (κ2) is 5.48. The summed E-state index contributed by atoms with van der Waals surface area (Å²) < 4.78 is 13.1. The number of pyridine rings is 1. The molecule has 0 bridgehead atoms. The van der Waals surface area contributed by atoms with E-state index in [4.69, 9.17) is 5.11 Å². The van der Waals surface area contributed by atoms with Crippen molar-refractivity contribution in [1.82, 2.24) is 4.98 Å². The van der Waals surface area contributed by atoms with Crippen LogP contribution in [0.25, 0.3) is 0 Å². The number of carboxylic acids is 1. The lowest BCUT2D eigenvalue weighted by atomic mass is 10.1. The molecule has 0 spiro atoms. The number of carbonyl (C=O) groups is 2. The Kier molecular flexibility index (Phi) is 3.74. The van der Waals surface area contributed by atoms with Gasteiger partial charge < -0.3 is 10.4 Å². The van der Waals surface area contributed by atoms with Gasteiger partial charge in [0.25, 0.3) is 5.91 Å². The summed E-state index contributed by atoms with van der Waals surface area (Å²) in [6.07, 6.45) is 1.33. The first-order valence-corrected chi connectivity index (χ1v) is 5.75. The number of amides is 1. The van der Waals surface area contributed by atoms with Gasteiger partial charge in [0, 0.05) is 11.9 Å². The highest BCUT2D eigenvalue weighted by Crippen LogP contribution is 2.15. The maximum atomic E-state index is 13.1. The number of aromatic carboxylic acids is 1. The van der Waals surface area contributed by atoms with E-state index in [1.807, 2.05) is 0 Å². The van der Waals surface area contributed by atoms with Gasteiger partial charge >= 0.3 is 5.97 Å². The maximum absolute atomic E-state index is 13.1. The second-order valence-corrected chi connectivity index (χ2v) is 4.12. The van der Waals surface area contributed by atoms with Crippen molar-refractivity contribution < 1.29 is 19.1 Å². The second-order valence-electron chi connectivity index (χ2n) is 4.12. The Morgan fingerprint density at radius 2 is 2.05 bits per heavy atom. The molecule has 1 amide bonds. The first-order chi connectivity index (χ1) is 9.49. The van der Waals surface area contributed by atoms with Crippen LogP contribution in [0.4, 0.5) is 10.1 Å². The summed E-state index contributed by atoms with van der Waals surface area (Å²) in [5, 5.41) is 11.5. The third-order valence-electron chi connectivity index (χ3n) is 2.67. The highest BCUT2D eigenvalue weighted by molar-refractivity contribution is 6.09. The van der Waals surface area contributed by atoms with Crippen molar-refractivity contribution in [3.63, 3.8) is 0 Å². The molecule has 2 rings (SSSR count). The van der Waals surface area contributed by atoms with E-state index in [1.165, 1.54) is 36.5 Å². The number of carbonyl (C=O) groups excluding carboxylic acids is 1. The van der Waals surface area contributed by atoms with E-state index in [0.717, 1.165) is 0 Å². The molecule has 0 fully saturated rings. The Morgan fingerprint density at radius 3 is 2.70 bits per heavy atom. The Hall–Kier alpha value is -2.76. The number of carboxylic acid groups (broad SMARTS) is 1. The molecule has 0 radical (unpaired) electrons. The first kappa shape index (κ1) is 13.7. The number of halogens is 1. The molecular formula is C14H11FN2O3. The molecule has 2 N–H and O–H groups in total. The van der Waals surface area contributed by atoms with Crippen LogP contribution in [-0.2, 0) is 0 Å². The summed E-state index contributed by atoms with van der Waals surface area (Å²) in [6.45, 7) is 1.56. The Balaban J connectivity index is 2.28. The van der Waals surface area contributed by atoms with Crippen LogP contribution < -0.4 is 5.32 Å². The normalized spacial score (nSPS) is 10.1. The van der Waals surface area contributed by atoms with Crippen molar-refractivity contribution in [2.75, 3.05) is 5.32 Å². The van der Waals surface area contributed by atoms with Crippen LogP contribution in [0.1, 0.15) is 26.4 Å². The van der Waals surface area contributed by atoms with Gasteiger partial charge in [0.2, 0.25) is 0 Å². The molecule has 0 saturated heterocycles. The first-order valence-electron chi connectivity index (χ1n) is 5.75. The van der Waals surface area contributed by atoms with Crippen LogP contribution in [0.15, 0.2) is 36.5 Å². The number of hydrogen-bond donors (Lipinski definition) is 2. The van der Waals surface area contributed by atoms with Crippen molar-refractivity contribution in [3.05, 3.63) is 59.2 Å². The van der Waals surface area contributed by atoms with Gasteiger partial charge in [-0.25, -0.2) is 9.18 Å². The van der Waals surface area contributed by atoms with E-state index in [-0.39, 0.29) is 17.1 Å². The molecule has 0 aliphatic rings. The molecule has 0 aliphatic carbocycles. The minimum atomic E-state index is -1.24. The average Bonchev–Trinajstić information content (AvgIpc) is 2.43. The van der Waals surface area contributed by atoms with Crippen molar-refractivity contribution in [1.29, 1.82) is 0 Å². The fourth-order valence-electron chi connectivity index (χ4n) is 1.67. The van der Waals surface area contributed by atoms with E-state index in [0.29, 0.717) is 11.3 Å². The van der Waals surface area contributed by atoms with Gasteiger partial charge in [-0.15, -0.1) is 0 Å². The van der Waals surface area contributed by atoms with Crippen LogP contribution in [0.3, 0.4) is 0 Å². The number of anilines is 1. The number of aromatic nitrogens is 1. The number of nitrogens with one attached hydrogen (secondary N) is 1. The third kappa shape index (κ3) is 2.80. The monoisotopic (exact) mass is 274 g/mol. The van der Waals surface area contributed by atoms with Gasteiger partial charge in [0.15, 0.2) is 0 Å². The molecule has 0 aliphatic heterocycles. The number of hydrogen-bond acceptors (Lipinski definition) is 3. The summed E-state index contributed by atoms with van der Waals surface area (Å²) >= 11 is 0. The van der Waals surface area contributed by atoms with Gasteiger partial charge in [-0.3, -0.25) is 9.78 Å². The number of nitrogens with zero attached hydrogens (tertiary/aromatic N) is 1. The van der Waals surface area contributed by atoms with Crippen molar-refractivity contribution >= 4 is 17.6 Å². The van der Waals surface area contributed by atoms with E-state index in [1.54, 1.807) is 6.92 Å². The van der Waals surface area contributed by atoms with Gasteiger partial charge in [0.1, 0.15) is 11.5 Å². The van der Waals surface area contributed by atoms with Crippen molar-refractivity contribution in [3.8, 4) is 0 Å². The molecule has 2 aromatic rings. The fourth-order valence-corrected chi connectivity index (χ4v) is 1.67. The van der Waals surface area contributed by atoms with E-state index < -0.39 is 11.9 Å². The van der Waals surface area contributed by atoms with Crippen LogP contribution >= 0.6 is 0 Å². The number of aryl methyl sites for hydroxylation is 1. The zero-order valence-electron chi connectivity index (χ0n) is 10.6. The van der Waals surface area contributed by atoms with E-state index >= 15 is 0 Å². The highest BCUT2D eigenvalue weighted by Gasteiger charge is 2.17. The topological polar surface area (TPSA) is 79.3 Å². The molecule has 102 valence electrons. The predicted molar refractivity (Wildman–Crippen MR) is 70.3 cm³/mol. The molecule has 1 aromatic carbocycles. The van der Waals surface area contributed by atoms with Gasteiger partial charge in [-0.05, 0) is 42.8 Å². The maximum Gasteiger partial charge on any atom is 0.338 e. The molecule has 6 heteroatoms. The minimum absolute atomic E-state index is 0.191. The summed E-state index contributed by atoms with van der Waals surface area (Å²) in [5.74, 6) is -2.28. The molecule has 1 aromatic heterocycles. The Labute approximate surface area is 114 Å². The fraction of sp³-hybridized carbons (Fsp3) is 0.0714. The Morgan fingerprint density at radius 1 is 1.30 bits per heavy atom. The summed E-state index contributed by atoms with van der Waals surface area (Å²) in [5.41, 5.74) is 0.365. The lowest BCUT2D eigenvalue weighted by Crippen LogP contribution is -2.18. The summed E-state index contributed by atoms with van der Waals surface area (Å²) in [7, 11) is 0. The molecule has 0 atom stereocenters. The average molecular weight is 274 g/mol. The zero-order valence-corrected chi connectivity index (χ0v) is 10.6. The smallest absolute Gasteiger partial charge is 0.338 e. The molecule has 20 heavy (non-hydrogen) atoms. The van der Waals surface area contributed by atoms with Gasteiger partial charge in [-0.2, -0.15) is 0 Å². The van der Waals surface area contributed by atoms with E-state index in [2.05, 4.69) is 10.3 Å². The van der Waals surface area contributed by atoms with Crippen LogP contribution in [0, 0.1) is 12.7 Å². The zero-order chi connectivity index (χ0) is 14.7. The third-order valence-corrected chi connectivity index (χ3v) is 2.67. The van der Waals surface area contributed by atoms with Crippen molar-refractivity contribution in [2.24, 2.45) is 0 Å². The molecule has 5 nitrogen and oxygen atoms in total.